The molecule has 1 aromatic carbocycles. The zero-order valence-electron chi connectivity index (χ0n) is 13.4. The second-order valence-electron chi connectivity index (χ2n) is 4.38. The molecule has 22 heavy (non-hydrogen) atoms. The maximum absolute atomic E-state index is 5.60. The molecule has 0 aromatic heterocycles. The Kier molecular flexibility index (Phi) is 12.5. The summed E-state index contributed by atoms with van der Waals surface area (Å²) in [5.41, 5.74) is 0. The molecule has 1 aromatic rings. The van der Waals surface area contributed by atoms with Crippen LogP contribution in [0.15, 0.2) is 24.3 Å². The van der Waals surface area contributed by atoms with Crippen LogP contribution in [0, 0.1) is 0 Å². The third-order valence-corrected chi connectivity index (χ3v) is 3.83. The van der Waals surface area contributed by atoms with Gasteiger partial charge in [-0.2, -0.15) is 23.5 Å². The van der Waals surface area contributed by atoms with Crippen LogP contribution in [0.4, 0.5) is 0 Å². The lowest BCUT2D eigenvalue weighted by molar-refractivity contribution is 0.110. The molecule has 0 radical (unpaired) electrons. The van der Waals surface area contributed by atoms with E-state index in [1.165, 1.54) is 0 Å². The molecule has 1 rings (SSSR count). The quantitative estimate of drug-likeness (QED) is 0.482. The number of benzene rings is 1. The Morgan fingerprint density at radius 1 is 0.636 bits per heavy atom. The molecule has 0 aliphatic rings. The van der Waals surface area contributed by atoms with E-state index < -0.39 is 0 Å². The number of hydrogen-bond acceptors (Lipinski definition) is 6. The maximum Gasteiger partial charge on any atom is 0.119 e. The van der Waals surface area contributed by atoms with Gasteiger partial charge in [-0.3, -0.25) is 0 Å². The lowest BCUT2D eigenvalue weighted by Crippen LogP contribution is -2.09. The van der Waals surface area contributed by atoms with Crippen LogP contribution in [0.25, 0.3) is 0 Å². The van der Waals surface area contributed by atoms with E-state index in [-0.39, 0.29) is 0 Å². The highest BCUT2D eigenvalue weighted by Gasteiger charge is 1.97. The normalized spacial score (nSPS) is 10.6. The fourth-order valence-electron chi connectivity index (χ4n) is 1.56. The summed E-state index contributed by atoms with van der Waals surface area (Å²) in [7, 11) is 0. The van der Waals surface area contributed by atoms with Gasteiger partial charge in [0, 0.05) is 11.5 Å². The monoisotopic (exact) mass is 346 g/mol. The molecule has 0 unspecified atom stereocenters. The summed E-state index contributed by atoms with van der Waals surface area (Å²) in [5, 5.41) is 0. The molecule has 0 N–H and O–H groups in total. The van der Waals surface area contributed by atoms with Gasteiger partial charge in [0.05, 0.1) is 26.4 Å². The van der Waals surface area contributed by atoms with Gasteiger partial charge in [-0.1, -0.05) is 0 Å². The van der Waals surface area contributed by atoms with E-state index in [0.29, 0.717) is 26.4 Å². The predicted molar refractivity (Wildman–Crippen MR) is 95.8 cm³/mol. The first kappa shape index (κ1) is 19.5. The van der Waals surface area contributed by atoms with Crippen LogP contribution in [0.1, 0.15) is 0 Å². The third kappa shape index (κ3) is 10.2. The molecule has 0 saturated carbocycles. The first-order valence-electron chi connectivity index (χ1n) is 7.36. The lowest BCUT2D eigenvalue weighted by atomic mass is 10.3. The summed E-state index contributed by atoms with van der Waals surface area (Å²) in [6, 6.07) is 7.63. The van der Waals surface area contributed by atoms with E-state index in [2.05, 4.69) is 12.5 Å². The Balaban J connectivity index is 2.07. The second-order valence-corrected chi connectivity index (χ2v) is 6.35. The first-order valence-corrected chi connectivity index (χ1v) is 10.1. The summed E-state index contributed by atoms with van der Waals surface area (Å²) in [6.45, 7) is 3.92. The number of thioether (sulfide) groups is 2. The van der Waals surface area contributed by atoms with Crippen LogP contribution in [0.3, 0.4) is 0 Å². The molecule has 4 nitrogen and oxygen atoms in total. The summed E-state index contributed by atoms with van der Waals surface area (Å²) < 4.78 is 22.0. The van der Waals surface area contributed by atoms with Gasteiger partial charge in [-0.15, -0.1) is 0 Å². The van der Waals surface area contributed by atoms with Gasteiger partial charge < -0.3 is 18.9 Å². The molecule has 0 heterocycles. The fourth-order valence-corrected chi connectivity index (χ4v) is 2.13. The number of rotatable bonds is 14. The minimum atomic E-state index is 0.567. The first-order chi connectivity index (χ1) is 10.9. The Hall–Kier alpha value is -0.560. The molecule has 0 bridgehead atoms. The number of ether oxygens (including phenoxy) is 4. The zero-order valence-corrected chi connectivity index (χ0v) is 15.0. The molecule has 0 atom stereocenters. The van der Waals surface area contributed by atoms with E-state index in [4.69, 9.17) is 18.9 Å². The van der Waals surface area contributed by atoms with Crippen molar-refractivity contribution in [2.24, 2.45) is 0 Å². The Morgan fingerprint density at radius 3 is 1.41 bits per heavy atom. The van der Waals surface area contributed by atoms with Crippen molar-refractivity contribution in [2.45, 2.75) is 0 Å². The summed E-state index contributed by atoms with van der Waals surface area (Å²) in [4.78, 5) is 0. The van der Waals surface area contributed by atoms with Crippen molar-refractivity contribution in [1.82, 2.24) is 0 Å². The molecular weight excluding hydrogens is 320 g/mol. The number of hydrogen-bond donors (Lipinski definition) is 0. The van der Waals surface area contributed by atoms with E-state index in [1.807, 2.05) is 24.3 Å². The predicted octanol–water partition coefficient (Wildman–Crippen LogP) is 3.20. The Bertz CT molecular complexity index is 325. The van der Waals surface area contributed by atoms with Gasteiger partial charge in [0.2, 0.25) is 0 Å². The van der Waals surface area contributed by atoms with Crippen molar-refractivity contribution >= 4 is 23.5 Å². The van der Waals surface area contributed by atoms with E-state index in [1.54, 1.807) is 23.5 Å². The summed E-state index contributed by atoms with van der Waals surface area (Å²) in [5.74, 6) is 3.70. The largest absolute Gasteiger partial charge is 0.491 e. The molecule has 0 saturated heterocycles. The van der Waals surface area contributed by atoms with Gasteiger partial charge in [0.25, 0.3) is 0 Å². The molecule has 0 amide bonds. The zero-order chi connectivity index (χ0) is 15.9. The van der Waals surface area contributed by atoms with Crippen molar-refractivity contribution in [3.63, 3.8) is 0 Å². The van der Waals surface area contributed by atoms with Crippen LogP contribution < -0.4 is 9.47 Å². The van der Waals surface area contributed by atoms with Crippen LogP contribution in [-0.2, 0) is 9.47 Å². The van der Waals surface area contributed by atoms with Gasteiger partial charge in [0.15, 0.2) is 0 Å². The minimum absolute atomic E-state index is 0.567. The molecule has 0 fully saturated rings. The van der Waals surface area contributed by atoms with E-state index >= 15 is 0 Å². The topological polar surface area (TPSA) is 36.9 Å². The van der Waals surface area contributed by atoms with Gasteiger partial charge >= 0.3 is 0 Å². The highest BCUT2D eigenvalue weighted by atomic mass is 32.2. The van der Waals surface area contributed by atoms with Crippen molar-refractivity contribution < 1.29 is 18.9 Å². The van der Waals surface area contributed by atoms with Crippen LogP contribution in [-0.4, -0.2) is 63.7 Å². The van der Waals surface area contributed by atoms with Crippen molar-refractivity contribution in [2.75, 3.05) is 63.7 Å². The van der Waals surface area contributed by atoms with Gasteiger partial charge in [0.1, 0.15) is 24.7 Å². The smallest absolute Gasteiger partial charge is 0.119 e. The Labute approximate surface area is 142 Å². The average Bonchev–Trinajstić information content (AvgIpc) is 2.55. The van der Waals surface area contributed by atoms with Gasteiger partial charge in [-0.25, -0.2) is 0 Å². The van der Waals surface area contributed by atoms with Crippen molar-refractivity contribution in [1.29, 1.82) is 0 Å². The minimum Gasteiger partial charge on any atom is -0.491 e. The Morgan fingerprint density at radius 2 is 1.05 bits per heavy atom. The second kappa shape index (κ2) is 14.1. The summed E-state index contributed by atoms with van der Waals surface area (Å²) in [6.07, 6.45) is 4.14. The molecule has 0 spiro atoms. The van der Waals surface area contributed by atoms with Crippen LogP contribution in [0.5, 0.6) is 11.5 Å². The molecule has 6 heteroatoms. The molecule has 126 valence electrons. The van der Waals surface area contributed by atoms with E-state index in [9.17, 15) is 0 Å². The van der Waals surface area contributed by atoms with E-state index in [0.717, 1.165) is 36.2 Å². The van der Waals surface area contributed by atoms with Crippen molar-refractivity contribution in [3.05, 3.63) is 24.3 Å². The standard InChI is InChI=1S/C16H26O4S2/c1-21-13-11-17-7-9-19-15-3-5-16(6-4-15)20-10-8-18-12-14-22-2/h3-6H,7-14H2,1-2H3. The average molecular weight is 347 g/mol. The molecule has 0 aliphatic heterocycles. The highest BCUT2D eigenvalue weighted by molar-refractivity contribution is 7.98. The molecular formula is C16H26O4S2. The maximum atomic E-state index is 5.60. The van der Waals surface area contributed by atoms with Crippen LogP contribution in [0.2, 0.25) is 0 Å². The molecule has 0 aliphatic carbocycles. The van der Waals surface area contributed by atoms with Crippen molar-refractivity contribution in [3.8, 4) is 11.5 Å². The lowest BCUT2D eigenvalue weighted by Gasteiger charge is -2.09. The van der Waals surface area contributed by atoms with Gasteiger partial charge in [-0.05, 0) is 36.8 Å². The third-order valence-electron chi connectivity index (χ3n) is 2.68. The van der Waals surface area contributed by atoms with Crippen LogP contribution >= 0.6 is 23.5 Å². The SMILES string of the molecule is CSCCOCCOc1ccc(OCCOCCSC)cc1. The fraction of sp³-hybridized carbons (Fsp3) is 0.625. The highest BCUT2D eigenvalue weighted by Crippen LogP contribution is 2.17. The summed E-state index contributed by atoms with van der Waals surface area (Å²) >= 11 is 3.56.